The van der Waals surface area contributed by atoms with E-state index in [1.54, 1.807) is 19.1 Å². The van der Waals surface area contributed by atoms with E-state index >= 15 is 0 Å². The average molecular weight is 215 g/mol. The van der Waals surface area contributed by atoms with Crippen LogP contribution in [-0.4, -0.2) is 7.11 Å². The third-order valence-corrected chi connectivity index (χ3v) is 2.39. The lowest BCUT2D eigenvalue weighted by molar-refractivity contribution is 0.418. The topological polar surface area (TPSA) is 63.2 Å². The summed E-state index contributed by atoms with van der Waals surface area (Å²) in [6.07, 6.45) is 0. The molecular formula is C12H9NO3. The molecular weight excluding hydrogens is 206 g/mol. The van der Waals surface area contributed by atoms with Crippen molar-refractivity contribution in [3.05, 3.63) is 39.7 Å². The van der Waals surface area contributed by atoms with Crippen molar-refractivity contribution in [2.24, 2.45) is 0 Å². The molecule has 2 rings (SSSR count). The molecule has 0 aliphatic carbocycles. The van der Waals surface area contributed by atoms with Gasteiger partial charge in [-0.15, -0.1) is 0 Å². The van der Waals surface area contributed by atoms with E-state index in [2.05, 4.69) is 0 Å². The molecule has 4 heteroatoms. The summed E-state index contributed by atoms with van der Waals surface area (Å²) in [6.45, 7) is 1.78. The first-order valence-electron chi connectivity index (χ1n) is 4.69. The Kier molecular flexibility index (Phi) is 2.37. The first kappa shape index (κ1) is 10.2. The number of benzene rings is 1. The molecule has 2 aromatic rings. The molecule has 0 radical (unpaired) electrons. The van der Waals surface area contributed by atoms with Gasteiger partial charge in [0.25, 0.3) is 0 Å². The maximum atomic E-state index is 11.3. The molecule has 1 aromatic carbocycles. The maximum absolute atomic E-state index is 11.3. The highest BCUT2D eigenvalue weighted by Crippen LogP contribution is 2.29. The van der Waals surface area contributed by atoms with Crippen LogP contribution in [0, 0.1) is 18.3 Å². The van der Waals surface area contributed by atoms with Gasteiger partial charge in [0.2, 0.25) is 0 Å². The van der Waals surface area contributed by atoms with Crippen LogP contribution in [-0.2, 0) is 0 Å². The number of rotatable bonds is 1. The summed E-state index contributed by atoms with van der Waals surface area (Å²) < 4.78 is 10.2. The Hall–Kier alpha value is -2.28. The number of hydrogen-bond donors (Lipinski definition) is 0. The number of methoxy groups -OCH3 is 1. The first-order chi connectivity index (χ1) is 7.67. The molecule has 0 fully saturated rings. The standard InChI is InChI=1S/C12H9NO3/c1-7-5-10(14)16-12-8(6-13)3-4-9(15-2)11(7)12/h3-5H,1-2H3. The van der Waals surface area contributed by atoms with E-state index in [1.165, 1.54) is 13.2 Å². The largest absolute Gasteiger partial charge is 0.496 e. The van der Waals surface area contributed by atoms with E-state index in [-0.39, 0.29) is 5.58 Å². The lowest BCUT2D eigenvalue weighted by atomic mass is 10.1. The van der Waals surface area contributed by atoms with Crippen LogP contribution in [0.2, 0.25) is 0 Å². The van der Waals surface area contributed by atoms with E-state index in [9.17, 15) is 4.79 Å². The lowest BCUT2D eigenvalue weighted by Gasteiger charge is -2.07. The summed E-state index contributed by atoms with van der Waals surface area (Å²) in [5.41, 5.74) is 0.887. The van der Waals surface area contributed by atoms with Gasteiger partial charge in [-0.2, -0.15) is 5.26 Å². The molecule has 0 saturated carbocycles. The molecule has 16 heavy (non-hydrogen) atoms. The van der Waals surface area contributed by atoms with Crippen LogP contribution in [0.4, 0.5) is 0 Å². The maximum Gasteiger partial charge on any atom is 0.336 e. The Morgan fingerprint density at radius 2 is 2.19 bits per heavy atom. The lowest BCUT2D eigenvalue weighted by Crippen LogP contribution is -2.00. The Morgan fingerprint density at radius 3 is 2.81 bits per heavy atom. The van der Waals surface area contributed by atoms with E-state index in [4.69, 9.17) is 14.4 Å². The normalized spacial score (nSPS) is 10.1. The molecule has 0 spiro atoms. The van der Waals surface area contributed by atoms with Gasteiger partial charge in [0.05, 0.1) is 18.1 Å². The number of aryl methyl sites for hydroxylation is 1. The van der Waals surface area contributed by atoms with Gasteiger partial charge < -0.3 is 9.15 Å². The molecule has 80 valence electrons. The Labute approximate surface area is 91.7 Å². The third kappa shape index (κ3) is 1.43. The van der Waals surface area contributed by atoms with Crippen molar-refractivity contribution < 1.29 is 9.15 Å². The second-order valence-electron chi connectivity index (χ2n) is 3.38. The van der Waals surface area contributed by atoms with Crippen LogP contribution in [0.5, 0.6) is 5.75 Å². The monoisotopic (exact) mass is 215 g/mol. The molecule has 0 aliphatic rings. The zero-order valence-electron chi connectivity index (χ0n) is 8.90. The van der Waals surface area contributed by atoms with E-state index in [0.29, 0.717) is 16.7 Å². The highest BCUT2D eigenvalue weighted by atomic mass is 16.5. The fourth-order valence-electron chi connectivity index (χ4n) is 1.68. The molecule has 0 atom stereocenters. The highest BCUT2D eigenvalue weighted by molar-refractivity contribution is 5.90. The van der Waals surface area contributed by atoms with Crippen LogP contribution in [0.3, 0.4) is 0 Å². The first-order valence-corrected chi connectivity index (χ1v) is 4.69. The predicted molar refractivity (Wildman–Crippen MR) is 58.5 cm³/mol. The molecule has 0 unspecified atom stereocenters. The van der Waals surface area contributed by atoms with Gasteiger partial charge in [-0.1, -0.05) is 0 Å². The van der Waals surface area contributed by atoms with Gasteiger partial charge in [0, 0.05) is 6.07 Å². The minimum atomic E-state index is -0.463. The number of ether oxygens (including phenoxy) is 1. The molecule has 0 bridgehead atoms. The second-order valence-corrected chi connectivity index (χ2v) is 3.38. The van der Waals surface area contributed by atoms with Crippen molar-refractivity contribution in [1.82, 2.24) is 0 Å². The smallest absolute Gasteiger partial charge is 0.336 e. The number of nitrogens with zero attached hydrogens (tertiary/aromatic N) is 1. The van der Waals surface area contributed by atoms with Gasteiger partial charge in [0.15, 0.2) is 5.58 Å². The van der Waals surface area contributed by atoms with Crippen molar-refractivity contribution in [1.29, 1.82) is 5.26 Å². The summed E-state index contributed by atoms with van der Waals surface area (Å²) in [6, 6.07) is 6.63. The fourth-order valence-corrected chi connectivity index (χ4v) is 1.68. The number of nitriles is 1. The van der Waals surface area contributed by atoms with E-state index < -0.39 is 5.63 Å². The summed E-state index contributed by atoms with van der Waals surface area (Å²) in [5.74, 6) is 0.593. The molecule has 1 aromatic heterocycles. The Bertz CT molecular complexity index is 650. The van der Waals surface area contributed by atoms with Gasteiger partial charge in [0.1, 0.15) is 11.8 Å². The van der Waals surface area contributed by atoms with Crippen molar-refractivity contribution in [3.63, 3.8) is 0 Å². The predicted octanol–water partition coefficient (Wildman–Crippen LogP) is 1.98. The second kappa shape index (κ2) is 3.70. The molecule has 0 amide bonds. The summed E-state index contributed by atoms with van der Waals surface area (Å²) in [7, 11) is 1.53. The Balaban J connectivity index is 3.03. The SMILES string of the molecule is COc1ccc(C#N)c2oc(=O)cc(C)c12. The number of fused-ring (bicyclic) bond motifs is 1. The van der Waals surface area contributed by atoms with E-state index in [0.717, 1.165) is 5.56 Å². The van der Waals surface area contributed by atoms with E-state index in [1.807, 2.05) is 6.07 Å². The molecule has 1 heterocycles. The van der Waals surface area contributed by atoms with Crippen molar-refractivity contribution >= 4 is 11.0 Å². The molecule has 0 saturated heterocycles. The zero-order valence-corrected chi connectivity index (χ0v) is 8.90. The average Bonchev–Trinajstić information content (AvgIpc) is 2.27. The van der Waals surface area contributed by atoms with Crippen LogP contribution >= 0.6 is 0 Å². The summed E-state index contributed by atoms with van der Waals surface area (Å²) in [5, 5.41) is 9.60. The van der Waals surface area contributed by atoms with Gasteiger partial charge >= 0.3 is 5.63 Å². The van der Waals surface area contributed by atoms with Crippen LogP contribution in [0.25, 0.3) is 11.0 Å². The van der Waals surface area contributed by atoms with Gasteiger partial charge in [-0.3, -0.25) is 0 Å². The highest BCUT2D eigenvalue weighted by Gasteiger charge is 2.12. The van der Waals surface area contributed by atoms with Gasteiger partial charge in [-0.05, 0) is 24.6 Å². The van der Waals surface area contributed by atoms with Crippen molar-refractivity contribution in [3.8, 4) is 11.8 Å². The van der Waals surface area contributed by atoms with Crippen LogP contribution in [0.1, 0.15) is 11.1 Å². The zero-order chi connectivity index (χ0) is 11.7. The van der Waals surface area contributed by atoms with Crippen LogP contribution in [0.15, 0.2) is 27.4 Å². The Morgan fingerprint density at radius 1 is 1.44 bits per heavy atom. The van der Waals surface area contributed by atoms with Crippen molar-refractivity contribution in [2.45, 2.75) is 6.92 Å². The molecule has 0 N–H and O–H groups in total. The summed E-state index contributed by atoms with van der Waals surface area (Å²) in [4.78, 5) is 11.3. The minimum Gasteiger partial charge on any atom is -0.496 e. The molecule has 4 nitrogen and oxygen atoms in total. The third-order valence-electron chi connectivity index (χ3n) is 2.39. The van der Waals surface area contributed by atoms with Crippen LogP contribution < -0.4 is 10.4 Å². The number of hydrogen-bond acceptors (Lipinski definition) is 4. The van der Waals surface area contributed by atoms with Gasteiger partial charge in [-0.25, -0.2) is 4.79 Å². The minimum absolute atomic E-state index is 0.284. The quantitative estimate of drug-likeness (QED) is 0.682. The summed E-state index contributed by atoms with van der Waals surface area (Å²) >= 11 is 0. The molecule has 0 aliphatic heterocycles. The fraction of sp³-hybridized carbons (Fsp3) is 0.167. The van der Waals surface area contributed by atoms with Crippen molar-refractivity contribution in [2.75, 3.05) is 7.11 Å².